The molecule has 2 aromatic heterocycles. The number of Topliss-reactive ketones (excluding diaryl/α,β-unsaturated/α-hetero) is 1. The smallest absolute Gasteiger partial charge is 0.173 e. The maximum atomic E-state index is 16.3. The zero-order valence-electron chi connectivity index (χ0n) is 24.2. The first-order valence-electron chi connectivity index (χ1n) is 13.9. The second kappa shape index (κ2) is 13.2. The fourth-order valence-electron chi connectivity index (χ4n) is 4.86. The molecule has 0 amide bonds. The number of halogens is 1. The predicted octanol–water partition coefficient (Wildman–Crippen LogP) is 7.77. The highest BCUT2D eigenvalue weighted by molar-refractivity contribution is 6.04. The molecule has 6 nitrogen and oxygen atoms in total. The Kier molecular flexibility index (Phi) is 10.3. The molecule has 0 radical (unpaired) electrons. The molecule has 0 saturated carbocycles. The first-order chi connectivity index (χ1) is 18.1. The third-order valence-corrected chi connectivity index (χ3v) is 7.32. The highest BCUT2D eigenvalue weighted by Gasteiger charge is 2.31. The van der Waals surface area contributed by atoms with Gasteiger partial charge in [0.05, 0.1) is 12.7 Å². The number of nitrogens with zero attached hydrogens (tertiary/aromatic N) is 3. The van der Waals surface area contributed by atoms with Gasteiger partial charge < -0.3 is 10.1 Å². The van der Waals surface area contributed by atoms with Crippen LogP contribution >= 0.6 is 0 Å². The van der Waals surface area contributed by atoms with Crippen molar-refractivity contribution in [2.24, 2.45) is 11.8 Å². The van der Waals surface area contributed by atoms with Crippen LogP contribution in [-0.2, 0) is 22.6 Å². The van der Waals surface area contributed by atoms with Crippen LogP contribution in [-0.4, -0.2) is 26.8 Å². The van der Waals surface area contributed by atoms with Gasteiger partial charge >= 0.3 is 0 Å². The molecule has 0 saturated heterocycles. The molecule has 3 rings (SSSR count). The number of ether oxygens (including phenoxy) is 1. The largest absolute Gasteiger partial charge is 0.374 e. The van der Waals surface area contributed by atoms with Gasteiger partial charge in [0.2, 0.25) is 0 Å². The molecule has 1 aliphatic rings. The van der Waals surface area contributed by atoms with Gasteiger partial charge in [0.25, 0.3) is 0 Å². The van der Waals surface area contributed by atoms with E-state index in [1.165, 1.54) is 6.33 Å². The van der Waals surface area contributed by atoms with Crippen molar-refractivity contribution in [1.29, 1.82) is 0 Å². The van der Waals surface area contributed by atoms with Gasteiger partial charge in [-0.25, -0.2) is 19.3 Å². The average Bonchev–Trinajstić information content (AvgIpc) is 2.90. The average molecular weight is 523 g/mol. The van der Waals surface area contributed by atoms with E-state index in [0.717, 1.165) is 46.3 Å². The van der Waals surface area contributed by atoms with Crippen LogP contribution in [0.5, 0.6) is 0 Å². The Balaban J connectivity index is 2.17. The highest BCUT2D eigenvalue weighted by Crippen LogP contribution is 2.42. The van der Waals surface area contributed by atoms with Gasteiger partial charge in [-0.2, -0.15) is 0 Å². The van der Waals surface area contributed by atoms with E-state index >= 15 is 4.39 Å². The van der Waals surface area contributed by atoms with Crippen LogP contribution in [0.3, 0.4) is 0 Å². The molecule has 1 atom stereocenters. The number of carbonyl (C=O) groups excluding carboxylic acids is 1. The van der Waals surface area contributed by atoms with Crippen molar-refractivity contribution in [2.75, 3.05) is 5.32 Å². The van der Waals surface area contributed by atoms with Crippen LogP contribution in [0.2, 0.25) is 0 Å². The Bertz CT molecular complexity index is 1220. The standard InChI is InChI=1S/C31H43FN4O2/c1-9-11-24-25(26(29(37)18(3)4)21(8)20(7)10-2)13-12-22-15-34-31(28(32)27(22)24)36-30-23(14-33-17-35-30)16-38-19(5)6/h14-15,17-20H,9-13,16H2,1-8H3,(H,33,34,35,36)/b26-21-. The van der Waals surface area contributed by atoms with Crippen LogP contribution in [0.15, 0.2) is 35.4 Å². The number of allylic oxidation sites excluding steroid dienone is 4. The predicted molar refractivity (Wildman–Crippen MR) is 152 cm³/mol. The molecule has 1 N–H and O–H groups in total. The maximum Gasteiger partial charge on any atom is 0.173 e. The Labute approximate surface area is 227 Å². The van der Waals surface area contributed by atoms with Gasteiger partial charge in [-0.1, -0.05) is 46.6 Å². The molecule has 38 heavy (non-hydrogen) atoms. The number of hydrogen-bond donors (Lipinski definition) is 1. The van der Waals surface area contributed by atoms with Crippen molar-refractivity contribution < 1.29 is 13.9 Å². The second-order valence-electron chi connectivity index (χ2n) is 10.8. The summed E-state index contributed by atoms with van der Waals surface area (Å²) in [6.07, 6.45) is 8.72. The number of anilines is 2. The summed E-state index contributed by atoms with van der Waals surface area (Å²) in [6, 6.07) is 0. The molecule has 7 heteroatoms. The number of fused-ring (bicyclic) bond motifs is 1. The third kappa shape index (κ3) is 6.55. The van der Waals surface area contributed by atoms with E-state index in [1.807, 2.05) is 27.7 Å². The number of aryl methyl sites for hydroxylation is 1. The summed E-state index contributed by atoms with van der Waals surface area (Å²) >= 11 is 0. The lowest BCUT2D eigenvalue weighted by molar-refractivity contribution is -0.118. The maximum absolute atomic E-state index is 16.3. The number of carbonyl (C=O) groups is 1. The van der Waals surface area contributed by atoms with Crippen molar-refractivity contribution in [1.82, 2.24) is 15.0 Å². The molecule has 0 spiro atoms. The summed E-state index contributed by atoms with van der Waals surface area (Å²) in [5.41, 5.74) is 6.01. The molecular weight excluding hydrogens is 479 g/mol. The van der Waals surface area contributed by atoms with Crippen LogP contribution < -0.4 is 5.32 Å². The van der Waals surface area contributed by atoms with Gasteiger partial charge in [-0.15, -0.1) is 0 Å². The number of rotatable bonds is 12. The minimum atomic E-state index is -0.407. The van der Waals surface area contributed by atoms with Gasteiger partial charge in [-0.05, 0) is 69.1 Å². The van der Waals surface area contributed by atoms with E-state index in [9.17, 15) is 4.79 Å². The molecule has 0 bridgehead atoms. The number of nitrogens with one attached hydrogen (secondary N) is 1. The first-order valence-corrected chi connectivity index (χ1v) is 13.9. The molecule has 1 aliphatic carbocycles. The topological polar surface area (TPSA) is 77.0 Å². The van der Waals surface area contributed by atoms with Gasteiger partial charge in [0.15, 0.2) is 17.4 Å². The number of aromatic nitrogens is 3. The minimum Gasteiger partial charge on any atom is -0.374 e. The first kappa shape index (κ1) is 29.6. The molecule has 1 unspecified atom stereocenters. The van der Waals surface area contributed by atoms with E-state index in [2.05, 4.69) is 48.0 Å². The Hall–Kier alpha value is -2.93. The summed E-state index contributed by atoms with van der Waals surface area (Å²) in [6.45, 7) is 16.6. The molecule has 206 valence electrons. The Morgan fingerprint density at radius 2 is 1.82 bits per heavy atom. The number of ketones is 1. The third-order valence-electron chi connectivity index (χ3n) is 7.32. The highest BCUT2D eigenvalue weighted by atomic mass is 19.1. The Morgan fingerprint density at radius 3 is 2.45 bits per heavy atom. The lowest BCUT2D eigenvalue weighted by Gasteiger charge is -2.28. The molecule has 2 heterocycles. The van der Waals surface area contributed by atoms with Crippen molar-refractivity contribution in [2.45, 2.75) is 100 Å². The summed E-state index contributed by atoms with van der Waals surface area (Å²) in [5.74, 6) is 0.445. The lowest BCUT2D eigenvalue weighted by atomic mass is 9.76. The zero-order valence-corrected chi connectivity index (χ0v) is 24.2. The van der Waals surface area contributed by atoms with Crippen molar-refractivity contribution in [3.63, 3.8) is 0 Å². The van der Waals surface area contributed by atoms with E-state index in [4.69, 9.17) is 4.74 Å². The minimum absolute atomic E-state index is 0.0384. The summed E-state index contributed by atoms with van der Waals surface area (Å²) in [5, 5.41) is 3.09. The SMILES string of the molecule is CCCC1=C(/C(C(=O)C(C)C)=C(\C)C(C)CC)CCc2cnc(Nc3ncncc3COC(C)C)c(F)c21. The van der Waals surface area contributed by atoms with Crippen molar-refractivity contribution in [3.05, 3.63) is 57.9 Å². The zero-order chi connectivity index (χ0) is 28.0. The van der Waals surface area contributed by atoms with Gasteiger partial charge in [0, 0.05) is 35.0 Å². The van der Waals surface area contributed by atoms with Crippen LogP contribution in [0.4, 0.5) is 16.0 Å². The van der Waals surface area contributed by atoms with Gasteiger partial charge in [-0.3, -0.25) is 4.79 Å². The molecule has 2 aromatic rings. The van der Waals surface area contributed by atoms with Crippen LogP contribution in [0, 0.1) is 17.7 Å². The fourth-order valence-corrected chi connectivity index (χ4v) is 4.86. The summed E-state index contributed by atoms with van der Waals surface area (Å²) in [4.78, 5) is 26.4. The molecule has 0 aliphatic heterocycles. The summed E-state index contributed by atoms with van der Waals surface area (Å²) in [7, 11) is 0. The normalized spacial score (nSPS) is 15.0. The fraction of sp³-hybridized carbons (Fsp3) is 0.548. The molecule has 0 fully saturated rings. The van der Waals surface area contributed by atoms with E-state index in [1.54, 1.807) is 12.4 Å². The summed E-state index contributed by atoms with van der Waals surface area (Å²) < 4.78 is 22.1. The van der Waals surface area contributed by atoms with Crippen LogP contribution in [0.1, 0.15) is 97.8 Å². The molecule has 0 aromatic carbocycles. The van der Waals surface area contributed by atoms with E-state index < -0.39 is 5.82 Å². The molecular formula is C31H43FN4O2. The van der Waals surface area contributed by atoms with E-state index in [0.29, 0.717) is 37.3 Å². The number of pyridine rings is 1. The van der Waals surface area contributed by atoms with Crippen molar-refractivity contribution >= 4 is 23.0 Å². The Morgan fingerprint density at radius 1 is 1.08 bits per heavy atom. The van der Waals surface area contributed by atoms with Crippen molar-refractivity contribution in [3.8, 4) is 0 Å². The van der Waals surface area contributed by atoms with E-state index in [-0.39, 0.29) is 29.5 Å². The quantitative estimate of drug-likeness (QED) is 0.287. The van der Waals surface area contributed by atoms with Gasteiger partial charge in [0.1, 0.15) is 12.1 Å². The monoisotopic (exact) mass is 522 g/mol. The second-order valence-corrected chi connectivity index (χ2v) is 10.8. The van der Waals surface area contributed by atoms with Crippen LogP contribution in [0.25, 0.3) is 5.57 Å². The number of hydrogen-bond acceptors (Lipinski definition) is 6. The lowest BCUT2D eigenvalue weighted by Crippen LogP contribution is -2.20.